The average molecular weight is 345 g/mol. The lowest BCUT2D eigenvalue weighted by molar-refractivity contribution is 0.0697. The van der Waals surface area contributed by atoms with Gasteiger partial charge >= 0.3 is 5.97 Å². The number of carboxylic acid groups (broad SMARTS) is 1. The lowest BCUT2D eigenvalue weighted by Gasteiger charge is -2.06. The van der Waals surface area contributed by atoms with E-state index in [0.29, 0.717) is 15.8 Å². The number of hydrogen-bond donors (Lipinski definition) is 1. The summed E-state index contributed by atoms with van der Waals surface area (Å²) in [5.41, 5.74) is 0.632. The molecule has 19 heavy (non-hydrogen) atoms. The van der Waals surface area contributed by atoms with Crippen molar-refractivity contribution in [3.8, 4) is 5.75 Å². The molecule has 0 atom stereocenters. The van der Waals surface area contributed by atoms with Gasteiger partial charge in [0.05, 0.1) is 0 Å². The van der Waals surface area contributed by atoms with Gasteiger partial charge in [-0.15, -0.1) is 11.3 Å². The Balaban J connectivity index is 2.16. The Morgan fingerprint density at radius 3 is 2.79 bits per heavy atom. The van der Waals surface area contributed by atoms with E-state index in [2.05, 4.69) is 15.9 Å². The number of carboxylic acids is 1. The third-order valence-corrected chi connectivity index (χ3v) is 3.81. The van der Waals surface area contributed by atoms with Gasteiger partial charge in [0, 0.05) is 9.35 Å². The highest BCUT2D eigenvalue weighted by Crippen LogP contribution is 2.29. The lowest BCUT2D eigenvalue weighted by Crippen LogP contribution is -2.00. The van der Waals surface area contributed by atoms with Crippen molar-refractivity contribution >= 4 is 33.2 Å². The molecule has 1 N–H and O–H groups in total. The van der Waals surface area contributed by atoms with Gasteiger partial charge in [0.25, 0.3) is 0 Å². The van der Waals surface area contributed by atoms with Crippen molar-refractivity contribution in [3.63, 3.8) is 0 Å². The second kappa shape index (κ2) is 5.71. The van der Waals surface area contributed by atoms with E-state index in [4.69, 9.17) is 9.84 Å². The Morgan fingerprint density at radius 1 is 1.42 bits per heavy atom. The lowest BCUT2D eigenvalue weighted by atomic mass is 10.2. The van der Waals surface area contributed by atoms with Gasteiger partial charge in [0.2, 0.25) is 0 Å². The van der Waals surface area contributed by atoms with Gasteiger partial charge in [-0.3, -0.25) is 0 Å². The summed E-state index contributed by atoms with van der Waals surface area (Å²) < 4.78 is 19.3. The third kappa shape index (κ3) is 3.54. The van der Waals surface area contributed by atoms with E-state index in [-0.39, 0.29) is 17.3 Å². The van der Waals surface area contributed by atoms with E-state index in [0.717, 1.165) is 16.2 Å². The van der Waals surface area contributed by atoms with Crippen molar-refractivity contribution in [2.24, 2.45) is 0 Å². The van der Waals surface area contributed by atoms with Gasteiger partial charge in [0.1, 0.15) is 18.2 Å². The van der Waals surface area contributed by atoms with Crippen molar-refractivity contribution in [1.82, 2.24) is 0 Å². The highest BCUT2D eigenvalue weighted by atomic mass is 79.9. The standard InChI is InChI=1S/C13H10BrFO3S/c1-7-2-11(12(19-7)13(16)17)18-6-8-3-9(14)5-10(15)4-8/h2-5H,6H2,1H3,(H,16,17). The van der Waals surface area contributed by atoms with Gasteiger partial charge in [-0.2, -0.15) is 0 Å². The summed E-state index contributed by atoms with van der Waals surface area (Å²) in [4.78, 5) is 12.0. The maximum absolute atomic E-state index is 13.2. The van der Waals surface area contributed by atoms with Crippen molar-refractivity contribution in [2.75, 3.05) is 0 Å². The van der Waals surface area contributed by atoms with Gasteiger partial charge in [-0.05, 0) is 36.8 Å². The van der Waals surface area contributed by atoms with Crippen LogP contribution in [0.5, 0.6) is 5.75 Å². The monoisotopic (exact) mass is 344 g/mol. The Morgan fingerprint density at radius 2 is 2.16 bits per heavy atom. The molecule has 0 saturated heterocycles. The predicted octanol–water partition coefficient (Wildman–Crippen LogP) is 4.24. The number of ether oxygens (including phenoxy) is 1. The zero-order valence-electron chi connectivity index (χ0n) is 9.94. The Kier molecular flexibility index (Phi) is 4.21. The summed E-state index contributed by atoms with van der Waals surface area (Å²) in [6.45, 7) is 1.93. The van der Waals surface area contributed by atoms with Gasteiger partial charge in [-0.1, -0.05) is 15.9 Å². The molecule has 3 nitrogen and oxygen atoms in total. The zero-order valence-corrected chi connectivity index (χ0v) is 12.3. The summed E-state index contributed by atoms with van der Waals surface area (Å²) in [5.74, 6) is -1.07. The summed E-state index contributed by atoms with van der Waals surface area (Å²) in [6, 6.07) is 6.09. The summed E-state index contributed by atoms with van der Waals surface area (Å²) in [5, 5.41) is 9.03. The molecule has 0 unspecified atom stereocenters. The molecule has 2 rings (SSSR count). The molecule has 0 fully saturated rings. The Bertz CT molecular complexity index is 604. The topological polar surface area (TPSA) is 46.5 Å². The van der Waals surface area contributed by atoms with Crippen molar-refractivity contribution in [1.29, 1.82) is 0 Å². The van der Waals surface area contributed by atoms with Crippen LogP contribution in [0.15, 0.2) is 28.7 Å². The maximum Gasteiger partial charge on any atom is 0.349 e. The SMILES string of the molecule is Cc1cc(OCc2cc(F)cc(Br)c2)c(C(=O)O)s1. The predicted molar refractivity (Wildman–Crippen MR) is 74.4 cm³/mol. The normalized spacial score (nSPS) is 10.5. The summed E-state index contributed by atoms with van der Waals surface area (Å²) in [7, 11) is 0. The largest absolute Gasteiger partial charge is 0.487 e. The fourth-order valence-corrected chi connectivity index (χ4v) is 2.91. The number of benzene rings is 1. The first-order valence-corrected chi connectivity index (χ1v) is 6.98. The fraction of sp³-hybridized carbons (Fsp3) is 0.154. The highest BCUT2D eigenvalue weighted by molar-refractivity contribution is 9.10. The van der Waals surface area contributed by atoms with Crippen LogP contribution in [0.2, 0.25) is 0 Å². The highest BCUT2D eigenvalue weighted by Gasteiger charge is 2.15. The van der Waals surface area contributed by atoms with Crippen LogP contribution >= 0.6 is 27.3 Å². The molecular weight excluding hydrogens is 335 g/mol. The first-order valence-electron chi connectivity index (χ1n) is 5.37. The molecule has 0 aliphatic heterocycles. The smallest absolute Gasteiger partial charge is 0.349 e. The van der Waals surface area contributed by atoms with Gasteiger partial charge < -0.3 is 9.84 Å². The summed E-state index contributed by atoms with van der Waals surface area (Å²) >= 11 is 4.35. The van der Waals surface area contributed by atoms with Crippen LogP contribution < -0.4 is 4.74 Å². The van der Waals surface area contributed by atoms with Crippen LogP contribution in [-0.4, -0.2) is 11.1 Å². The minimum atomic E-state index is -1.02. The van der Waals surface area contributed by atoms with Crippen LogP contribution in [0.1, 0.15) is 20.1 Å². The van der Waals surface area contributed by atoms with E-state index in [9.17, 15) is 9.18 Å². The van der Waals surface area contributed by atoms with E-state index in [1.807, 2.05) is 6.92 Å². The number of rotatable bonds is 4. The molecule has 2 aromatic rings. The molecule has 0 saturated carbocycles. The molecule has 1 aromatic carbocycles. The molecule has 0 aliphatic rings. The molecule has 0 radical (unpaired) electrons. The number of aryl methyl sites for hydroxylation is 1. The molecule has 0 amide bonds. The molecule has 0 aliphatic carbocycles. The first-order chi connectivity index (χ1) is 8.95. The number of aromatic carboxylic acids is 1. The molecule has 0 spiro atoms. The van der Waals surface area contributed by atoms with Gasteiger partial charge in [0.15, 0.2) is 4.88 Å². The first kappa shape index (κ1) is 14.0. The Hall–Kier alpha value is -1.40. The molecule has 0 bridgehead atoms. The van der Waals surface area contributed by atoms with E-state index in [1.54, 1.807) is 12.1 Å². The van der Waals surface area contributed by atoms with Crippen LogP contribution in [0, 0.1) is 12.7 Å². The minimum Gasteiger partial charge on any atom is -0.487 e. The fourth-order valence-electron chi connectivity index (χ4n) is 1.60. The van der Waals surface area contributed by atoms with Gasteiger partial charge in [-0.25, -0.2) is 9.18 Å². The number of halogens is 2. The number of hydrogen-bond acceptors (Lipinski definition) is 3. The number of carbonyl (C=O) groups is 1. The quantitative estimate of drug-likeness (QED) is 0.902. The molecule has 100 valence electrons. The van der Waals surface area contributed by atoms with E-state index >= 15 is 0 Å². The van der Waals surface area contributed by atoms with Crippen LogP contribution in [-0.2, 0) is 6.61 Å². The molecule has 6 heteroatoms. The van der Waals surface area contributed by atoms with Crippen molar-refractivity contribution < 1.29 is 19.0 Å². The van der Waals surface area contributed by atoms with Crippen LogP contribution in [0.25, 0.3) is 0 Å². The average Bonchev–Trinajstić information content (AvgIpc) is 2.67. The van der Waals surface area contributed by atoms with Crippen LogP contribution in [0.3, 0.4) is 0 Å². The van der Waals surface area contributed by atoms with E-state index < -0.39 is 5.97 Å². The second-order valence-electron chi connectivity index (χ2n) is 3.92. The molecular formula is C13H10BrFO3S. The Labute approximate surface area is 121 Å². The van der Waals surface area contributed by atoms with Crippen molar-refractivity contribution in [3.05, 3.63) is 49.9 Å². The zero-order chi connectivity index (χ0) is 14.0. The summed E-state index contributed by atoms with van der Waals surface area (Å²) in [6.07, 6.45) is 0. The van der Waals surface area contributed by atoms with Crippen LogP contribution in [0.4, 0.5) is 4.39 Å². The molecule has 1 aromatic heterocycles. The number of thiophene rings is 1. The minimum absolute atomic E-state index is 0.118. The van der Waals surface area contributed by atoms with Crippen molar-refractivity contribution in [2.45, 2.75) is 13.5 Å². The third-order valence-electron chi connectivity index (χ3n) is 2.33. The maximum atomic E-state index is 13.2. The molecule has 1 heterocycles. The van der Waals surface area contributed by atoms with E-state index in [1.165, 1.54) is 12.1 Å². The second-order valence-corrected chi connectivity index (χ2v) is 6.09.